The number of hydrogen-bond donors (Lipinski definition) is 0. The minimum atomic E-state index is 0. The van der Waals surface area contributed by atoms with Crippen molar-refractivity contribution in [2.45, 2.75) is 58.3 Å². The van der Waals surface area contributed by atoms with E-state index in [0.717, 1.165) is 40.8 Å². The van der Waals surface area contributed by atoms with E-state index in [1.807, 2.05) is 0 Å². The zero-order valence-electron chi connectivity index (χ0n) is 8.57. The van der Waals surface area contributed by atoms with Gasteiger partial charge in [0, 0.05) is 0 Å². The summed E-state index contributed by atoms with van der Waals surface area (Å²) in [5.74, 6) is 0. The standard InChI is InChI=1S/C10H19O.2Na.H/c1-2-3-4-5-6-7-8-9-10-11;;;/h2-9H2,1H3;;;. The average Bonchev–Trinajstić information content (AvgIpc) is 2.02. The summed E-state index contributed by atoms with van der Waals surface area (Å²) in [7, 11) is 0. The van der Waals surface area contributed by atoms with Crippen LogP contribution in [0.1, 0.15) is 58.3 Å². The van der Waals surface area contributed by atoms with Gasteiger partial charge in [-0.15, -0.1) is 0 Å². The molecule has 0 radical (unpaired) electrons. The fourth-order valence-electron chi connectivity index (χ4n) is 1.33. The molecule has 0 unspecified atom stereocenters. The predicted octanol–water partition coefficient (Wildman–Crippen LogP) is 2.17. The van der Waals surface area contributed by atoms with E-state index in [4.69, 9.17) is 0 Å². The van der Waals surface area contributed by atoms with Gasteiger partial charge >= 0.3 is 124 Å². The van der Waals surface area contributed by atoms with Crippen LogP contribution in [0.2, 0.25) is 0 Å². The van der Waals surface area contributed by atoms with E-state index >= 15 is 0 Å². The molecule has 0 N–H and O–H groups in total. The fourth-order valence-corrected chi connectivity index (χ4v) is 1.68. The van der Waals surface area contributed by atoms with Gasteiger partial charge in [0.05, 0.1) is 0 Å². The van der Waals surface area contributed by atoms with Gasteiger partial charge in [0.15, 0.2) is 0 Å². The first kappa shape index (κ1) is 17.1. The summed E-state index contributed by atoms with van der Waals surface area (Å²) in [6.45, 7) is 2.24. The van der Waals surface area contributed by atoms with Crippen molar-refractivity contribution in [1.29, 1.82) is 0 Å². The molecule has 0 atom stereocenters. The van der Waals surface area contributed by atoms with Crippen LogP contribution in [0.4, 0.5) is 0 Å². The zero-order valence-corrected chi connectivity index (χ0v) is 10.6. The molecule has 0 aliphatic heterocycles. The van der Waals surface area contributed by atoms with Crippen molar-refractivity contribution < 1.29 is 4.79 Å². The van der Waals surface area contributed by atoms with E-state index in [9.17, 15) is 4.79 Å². The first-order valence-corrected chi connectivity index (χ1v) is 6.26. The third-order valence-corrected chi connectivity index (χ3v) is 2.63. The third-order valence-electron chi connectivity index (χ3n) is 2.13. The molecular weight excluding hydrogens is 182 g/mol. The van der Waals surface area contributed by atoms with Gasteiger partial charge in [-0.25, -0.2) is 0 Å². The molecule has 0 aliphatic rings. The van der Waals surface area contributed by atoms with Crippen molar-refractivity contribution in [2.24, 2.45) is 0 Å². The van der Waals surface area contributed by atoms with Gasteiger partial charge in [-0.3, -0.25) is 0 Å². The molecule has 0 aromatic rings. The molecule has 0 saturated carbocycles. The SMILES string of the molecule is CCCCCCCCC[C](=O)[Na].[NaH]. The summed E-state index contributed by atoms with van der Waals surface area (Å²) in [6, 6.07) is 0. The van der Waals surface area contributed by atoms with E-state index in [1.165, 1.54) is 38.5 Å². The van der Waals surface area contributed by atoms with Crippen LogP contribution < -0.4 is 0 Å². The molecule has 0 aromatic heterocycles. The molecule has 0 heterocycles. The molecular formula is C10H20Na2O. The van der Waals surface area contributed by atoms with Crippen LogP contribution in [0.25, 0.3) is 0 Å². The third kappa shape index (κ3) is 16.4. The van der Waals surface area contributed by atoms with E-state index in [1.54, 1.807) is 0 Å². The van der Waals surface area contributed by atoms with Crippen molar-refractivity contribution in [3.05, 3.63) is 0 Å². The van der Waals surface area contributed by atoms with Crippen molar-refractivity contribution in [1.82, 2.24) is 0 Å². The molecule has 0 saturated heterocycles. The molecule has 0 rings (SSSR count). The Balaban J connectivity index is 0. The van der Waals surface area contributed by atoms with E-state index in [0.29, 0.717) is 3.03 Å². The first-order chi connectivity index (χ1) is 5.77. The van der Waals surface area contributed by atoms with Gasteiger partial charge in [-0.05, 0) is 0 Å². The Hall–Kier alpha value is 1.67. The zero-order chi connectivity index (χ0) is 9.23. The molecule has 0 spiro atoms. The van der Waals surface area contributed by atoms with E-state index in [2.05, 4.69) is 6.92 Å². The molecule has 13 heavy (non-hydrogen) atoms. The Morgan fingerprint density at radius 1 is 1.00 bits per heavy atom. The summed E-state index contributed by atoms with van der Waals surface area (Å²) in [6.07, 6.45) is 10.0. The van der Waals surface area contributed by atoms with Crippen molar-refractivity contribution in [3.8, 4) is 0 Å². The summed E-state index contributed by atoms with van der Waals surface area (Å²) in [4.78, 5) is 10.6. The Morgan fingerprint density at radius 3 is 1.92 bits per heavy atom. The van der Waals surface area contributed by atoms with Crippen LogP contribution >= 0.6 is 0 Å². The normalized spacial score (nSPS) is 9.46. The molecule has 0 aliphatic carbocycles. The molecule has 1 nitrogen and oxygen atoms in total. The predicted molar refractivity (Wildman–Crippen MR) is 60.5 cm³/mol. The maximum atomic E-state index is 10.6. The van der Waals surface area contributed by atoms with E-state index < -0.39 is 0 Å². The second kappa shape index (κ2) is 13.7. The van der Waals surface area contributed by atoms with Crippen LogP contribution in [-0.4, -0.2) is 60.5 Å². The quantitative estimate of drug-likeness (QED) is 0.435. The van der Waals surface area contributed by atoms with Crippen molar-refractivity contribution >= 4 is 60.5 Å². The van der Waals surface area contributed by atoms with Gasteiger partial charge in [0.25, 0.3) is 0 Å². The van der Waals surface area contributed by atoms with Crippen molar-refractivity contribution in [2.75, 3.05) is 0 Å². The average molecular weight is 202 g/mol. The molecule has 0 aromatic carbocycles. The van der Waals surface area contributed by atoms with Crippen LogP contribution in [-0.2, 0) is 4.79 Å². The number of carbonyl (C=O) groups is 1. The number of unbranched alkanes of at least 4 members (excludes halogenated alkanes) is 6. The first-order valence-electron chi connectivity index (χ1n) is 5.26. The Morgan fingerprint density at radius 2 is 1.46 bits per heavy atom. The van der Waals surface area contributed by atoms with Gasteiger partial charge in [0.1, 0.15) is 0 Å². The molecule has 0 bridgehead atoms. The molecule has 0 fully saturated rings. The molecule has 68 valence electrons. The second-order valence-electron chi connectivity index (χ2n) is 3.57. The summed E-state index contributed by atoms with van der Waals surface area (Å²) < 4.78 is 0.476. The summed E-state index contributed by atoms with van der Waals surface area (Å²) in [5.41, 5.74) is 0. The molecule has 0 amide bonds. The Kier molecular flexibility index (Phi) is 18.0. The fraction of sp³-hybridized carbons (Fsp3) is 0.900. The van der Waals surface area contributed by atoms with Crippen LogP contribution in [0.15, 0.2) is 0 Å². The second-order valence-corrected chi connectivity index (χ2v) is 4.69. The maximum absolute atomic E-state index is 10.6. The Labute approximate surface area is 122 Å². The van der Waals surface area contributed by atoms with Gasteiger partial charge < -0.3 is 0 Å². The summed E-state index contributed by atoms with van der Waals surface area (Å²) >= 11 is 0.750. The monoisotopic (exact) mass is 202 g/mol. The summed E-state index contributed by atoms with van der Waals surface area (Å²) in [5, 5.41) is 0. The van der Waals surface area contributed by atoms with Crippen LogP contribution in [0, 0.1) is 0 Å². The van der Waals surface area contributed by atoms with Gasteiger partial charge in [-0.2, -0.15) is 0 Å². The number of carbonyl (C=O) groups excluding carboxylic acids is 1. The van der Waals surface area contributed by atoms with E-state index in [-0.39, 0.29) is 29.6 Å². The molecule has 3 heteroatoms. The number of hydrogen-bond acceptors (Lipinski definition) is 1. The van der Waals surface area contributed by atoms with Crippen LogP contribution in [0.3, 0.4) is 0 Å². The topological polar surface area (TPSA) is 17.1 Å². The van der Waals surface area contributed by atoms with Gasteiger partial charge in [-0.1, -0.05) is 0 Å². The number of rotatable bonds is 8. The minimum absolute atomic E-state index is 0. The Bertz CT molecular complexity index is 115. The van der Waals surface area contributed by atoms with Crippen LogP contribution in [0.5, 0.6) is 0 Å². The van der Waals surface area contributed by atoms with Crippen molar-refractivity contribution in [3.63, 3.8) is 0 Å². The van der Waals surface area contributed by atoms with Gasteiger partial charge in [0.2, 0.25) is 0 Å².